The van der Waals surface area contributed by atoms with Crippen LogP contribution in [0.4, 0.5) is 0 Å². The first-order valence-corrected chi connectivity index (χ1v) is 4.82. The van der Waals surface area contributed by atoms with Crippen molar-refractivity contribution in [3.8, 4) is 11.3 Å². The second-order valence-electron chi connectivity index (χ2n) is 3.13. The topological polar surface area (TPSA) is 64.1 Å². The maximum absolute atomic E-state index is 9.52. The minimum Gasteiger partial charge on any atom is -0.425 e. The van der Waals surface area contributed by atoms with E-state index in [1.807, 2.05) is 24.3 Å². The molecule has 0 amide bonds. The van der Waals surface area contributed by atoms with Crippen molar-refractivity contribution in [2.24, 2.45) is 5.73 Å². The summed E-state index contributed by atoms with van der Waals surface area (Å²) < 4.78 is 0.846. The van der Waals surface area contributed by atoms with Crippen LogP contribution in [0.3, 0.4) is 0 Å². The average Bonchev–Trinajstić information content (AvgIpc) is 2.60. The molecule has 0 radical (unpaired) electrons. The molecule has 0 aliphatic heterocycles. The molecule has 4 nitrogen and oxygen atoms in total. The average molecular weight is 224 g/mol. The Morgan fingerprint density at radius 1 is 1.33 bits per heavy atom. The maximum atomic E-state index is 9.52. The minimum absolute atomic E-state index is 0.0490. The van der Waals surface area contributed by atoms with E-state index in [1.165, 1.54) is 6.20 Å². The number of rotatable bonds is 2. The molecule has 0 atom stereocenters. The summed E-state index contributed by atoms with van der Waals surface area (Å²) in [5, 5.41) is 9.56. The number of benzene rings is 1. The van der Waals surface area contributed by atoms with Crippen molar-refractivity contribution in [2.45, 2.75) is 6.54 Å². The van der Waals surface area contributed by atoms with Crippen LogP contribution in [0.1, 0.15) is 5.56 Å². The van der Waals surface area contributed by atoms with E-state index in [2.05, 4.69) is 4.98 Å². The largest absolute Gasteiger partial charge is 0.425 e. The van der Waals surface area contributed by atoms with E-state index in [0.29, 0.717) is 12.2 Å². The molecule has 78 valence electrons. The zero-order chi connectivity index (χ0) is 10.8. The standard InChI is InChI=1S/C10H10ClN3O/c11-10-13-6-9(14(10)15)8-3-1-7(5-12)2-4-8/h1-4,6,15H,5,12H2. The number of nitrogens with two attached hydrogens (primary N) is 1. The summed E-state index contributed by atoms with van der Waals surface area (Å²) in [4.78, 5) is 3.79. The molecular weight excluding hydrogens is 214 g/mol. The van der Waals surface area contributed by atoms with Crippen LogP contribution in [-0.4, -0.2) is 14.9 Å². The van der Waals surface area contributed by atoms with Crippen molar-refractivity contribution in [2.75, 3.05) is 0 Å². The molecule has 0 bridgehead atoms. The predicted octanol–water partition coefficient (Wildman–Crippen LogP) is 1.90. The third-order valence-electron chi connectivity index (χ3n) is 2.18. The van der Waals surface area contributed by atoms with E-state index in [9.17, 15) is 5.21 Å². The van der Waals surface area contributed by atoms with Crippen LogP contribution in [-0.2, 0) is 6.54 Å². The first-order chi connectivity index (χ1) is 7.22. The van der Waals surface area contributed by atoms with Crippen LogP contribution in [0.2, 0.25) is 5.28 Å². The predicted molar refractivity (Wildman–Crippen MR) is 57.7 cm³/mol. The summed E-state index contributed by atoms with van der Waals surface area (Å²) in [6.07, 6.45) is 1.51. The van der Waals surface area contributed by atoms with Gasteiger partial charge in [-0.05, 0) is 17.2 Å². The quantitative estimate of drug-likeness (QED) is 0.765. The summed E-state index contributed by atoms with van der Waals surface area (Å²) in [5.74, 6) is 0. The smallest absolute Gasteiger partial charge is 0.237 e. The highest BCUT2D eigenvalue weighted by molar-refractivity contribution is 6.28. The van der Waals surface area contributed by atoms with Gasteiger partial charge in [0.2, 0.25) is 5.28 Å². The lowest BCUT2D eigenvalue weighted by Gasteiger charge is -2.02. The maximum Gasteiger partial charge on any atom is 0.237 e. The van der Waals surface area contributed by atoms with Gasteiger partial charge >= 0.3 is 0 Å². The van der Waals surface area contributed by atoms with Crippen LogP contribution >= 0.6 is 11.6 Å². The lowest BCUT2D eigenvalue weighted by molar-refractivity contribution is 0.191. The molecule has 0 fully saturated rings. The summed E-state index contributed by atoms with van der Waals surface area (Å²) in [6, 6.07) is 7.52. The van der Waals surface area contributed by atoms with Gasteiger partial charge in [-0.25, -0.2) is 4.98 Å². The third kappa shape index (κ3) is 1.82. The van der Waals surface area contributed by atoms with Gasteiger partial charge in [-0.2, -0.15) is 4.73 Å². The Bertz CT molecular complexity index is 464. The van der Waals surface area contributed by atoms with Crippen LogP contribution in [0.25, 0.3) is 11.3 Å². The molecule has 0 unspecified atom stereocenters. The molecule has 5 heteroatoms. The van der Waals surface area contributed by atoms with Crippen molar-refractivity contribution in [3.63, 3.8) is 0 Å². The van der Waals surface area contributed by atoms with Crippen molar-refractivity contribution in [1.29, 1.82) is 0 Å². The van der Waals surface area contributed by atoms with Gasteiger partial charge in [-0.15, -0.1) is 0 Å². The van der Waals surface area contributed by atoms with E-state index in [-0.39, 0.29) is 5.28 Å². The monoisotopic (exact) mass is 223 g/mol. The molecular formula is C10H10ClN3O. The zero-order valence-electron chi connectivity index (χ0n) is 7.89. The van der Waals surface area contributed by atoms with Gasteiger partial charge in [0.25, 0.3) is 0 Å². The lowest BCUT2D eigenvalue weighted by Crippen LogP contribution is -1.96. The molecule has 0 saturated heterocycles. The van der Waals surface area contributed by atoms with Crippen LogP contribution in [0.15, 0.2) is 30.5 Å². The molecule has 0 spiro atoms. The zero-order valence-corrected chi connectivity index (χ0v) is 8.65. The van der Waals surface area contributed by atoms with E-state index >= 15 is 0 Å². The van der Waals surface area contributed by atoms with Crippen molar-refractivity contribution in [3.05, 3.63) is 41.3 Å². The Labute approximate surface area is 91.9 Å². The third-order valence-corrected chi connectivity index (χ3v) is 2.44. The van der Waals surface area contributed by atoms with Crippen molar-refractivity contribution < 1.29 is 5.21 Å². The van der Waals surface area contributed by atoms with E-state index in [1.54, 1.807) is 0 Å². The Balaban J connectivity index is 2.41. The fourth-order valence-electron chi connectivity index (χ4n) is 1.33. The second-order valence-corrected chi connectivity index (χ2v) is 3.46. The van der Waals surface area contributed by atoms with Crippen LogP contribution < -0.4 is 5.73 Å². The molecule has 0 aliphatic carbocycles. The molecule has 2 aromatic rings. The first kappa shape index (κ1) is 10.0. The highest BCUT2D eigenvalue weighted by atomic mass is 35.5. The number of hydrogen-bond acceptors (Lipinski definition) is 3. The molecule has 1 heterocycles. The molecule has 2 rings (SSSR count). The summed E-state index contributed by atoms with van der Waals surface area (Å²) in [7, 11) is 0. The summed E-state index contributed by atoms with van der Waals surface area (Å²) in [6.45, 7) is 0.499. The van der Waals surface area contributed by atoms with E-state index in [0.717, 1.165) is 15.9 Å². The van der Waals surface area contributed by atoms with Gasteiger partial charge in [0.05, 0.1) is 6.20 Å². The number of halogens is 1. The van der Waals surface area contributed by atoms with E-state index in [4.69, 9.17) is 17.3 Å². The molecule has 1 aromatic heterocycles. The van der Waals surface area contributed by atoms with Crippen LogP contribution in [0.5, 0.6) is 0 Å². The van der Waals surface area contributed by atoms with Crippen molar-refractivity contribution >= 4 is 11.6 Å². The second kappa shape index (κ2) is 3.92. The number of imidazole rings is 1. The number of aromatic nitrogens is 2. The Hall–Kier alpha value is -1.52. The van der Waals surface area contributed by atoms with Gasteiger partial charge in [0, 0.05) is 12.1 Å². The summed E-state index contributed by atoms with van der Waals surface area (Å²) >= 11 is 5.62. The Morgan fingerprint density at radius 3 is 2.47 bits per heavy atom. The number of hydrogen-bond donors (Lipinski definition) is 2. The number of nitrogens with zero attached hydrogens (tertiary/aromatic N) is 2. The fourth-order valence-corrected chi connectivity index (χ4v) is 1.47. The molecule has 0 aliphatic rings. The Kier molecular flexibility index (Phi) is 2.62. The normalized spacial score (nSPS) is 10.5. The van der Waals surface area contributed by atoms with Gasteiger partial charge < -0.3 is 10.9 Å². The van der Waals surface area contributed by atoms with Crippen molar-refractivity contribution in [1.82, 2.24) is 9.71 Å². The fraction of sp³-hybridized carbons (Fsp3) is 0.100. The molecule has 0 saturated carbocycles. The van der Waals surface area contributed by atoms with Gasteiger partial charge in [-0.1, -0.05) is 24.3 Å². The Morgan fingerprint density at radius 2 is 2.00 bits per heavy atom. The highest BCUT2D eigenvalue weighted by Crippen LogP contribution is 2.21. The van der Waals surface area contributed by atoms with Gasteiger partial charge in [-0.3, -0.25) is 0 Å². The SMILES string of the molecule is NCc1ccc(-c2cnc(Cl)n2O)cc1. The van der Waals surface area contributed by atoms with E-state index < -0.39 is 0 Å². The molecule has 1 aromatic carbocycles. The first-order valence-electron chi connectivity index (χ1n) is 4.44. The lowest BCUT2D eigenvalue weighted by atomic mass is 10.1. The summed E-state index contributed by atoms with van der Waals surface area (Å²) in [5.41, 5.74) is 7.92. The highest BCUT2D eigenvalue weighted by Gasteiger charge is 2.08. The molecule has 3 N–H and O–H groups in total. The van der Waals surface area contributed by atoms with Gasteiger partial charge in [0.15, 0.2) is 0 Å². The van der Waals surface area contributed by atoms with Gasteiger partial charge in [0.1, 0.15) is 5.69 Å². The van der Waals surface area contributed by atoms with Crippen LogP contribution in [0, 0.1) is 0 Å². The minimum atomic E-state index is 0.0490. The molecule has 15 heavy (non-hydrogen) atoms.